The SMILES string of the molecule is COc1ccc([C@H]2C[C@@H]2COc2nc(C)ncc2[C@@H]2CC[C@@H](O)C2)nc1. The first kappa shape index (κ1) is 17.2. The molecular weight excluding hydrogens is 330 g/mol. The average molecular weight is 355 g/mol. The van der Waals surface area contributed by atoms with Crippen molar-refractivity contribution in [2.24, 2.45) is 5.92 Å². The number of methoxy groups -OCH3 is 1. The van der Waals surface area contributed by atoms with E-state index in [4.69, 9.17) is 9.47 Å². The Hall–Kier alpha value is -2.21. The molecule has 0 unspecified atom stereocenters. The number of hydrogen-bond donors (Lipinski definition) is 1. The number of nitrogens with zero attached hydrogens (tertiary/aromatic N) is 3. The third kappa shape index (κ3) is 3.65. The largest absolute Gasteiger partial charge is 0.495 e. The van der Waals surface area contributed by atoms with Gasteiger partial charge in [0.05, 0.1) is 26.0 Å². The van der Waals surface area contributed by atoms with Crippen molar-refractivity contribution < 1.29 is 14.6 Å². The number of hydrogen-bond acceptors (Lipinski definition) is 6. The highest BCUT2D eigenvalue weighted by atomic mass is 16.5. The molecule has 6 nitrogen and oxygen atoms in total. The first-order valence-electron chi connectivity index (χ1n) is 9.28. The Kier molecular flexibility index (Phi) is 4.76. The maximum atomic E-state index is 9.84. The quantitative estimate of drug-likeness (QED) is 0.858. The van der Waals surface area contributed by atoms with Gasteiger partial charge < -0.3 is 14.6 Å². The number of pyridine rings is 1. The van der Waals surface area contributed by atoms with Gasteiger partial charge in [0.1, 0.15) is 11.6 Å². The Morgan fingerprint density at radius 2 is 2.04 bits per heavy atom. The number of aliphatic hydroxyl groups is 1. The average Bonchev–Trinajstić information content (AvgIpc) is 3.31. The minimum Gasteiger partial charge on any atom is -0.495 e. The van der Waals surface area contributed by atoms with Gasteiger partial charge >= 0.3 is 0 Å². The molecule has 2 aromatic rings. The summed E-state index contributed by atoms with van der Waals surface area (Å²) >= 11 is 0. The highest BCUT2D eigenvalue weighted by Crippen LogP contribution is 2.47. The van der Waals surface area contributed by atoms with Crippen LogP contribution in [0.15, 0.2) is 24.5 Å². The van der Waals surface area contributed by atoms with Gasteiger partial charge in [0.15, 0.2) is 0 Å². The lowest BCUT2D eigenvalue weighted by Gasteiger charge is -2.15. The molecule has 0 aliphatic heterocycles. The highest BCUT2D eigenvalue weighted by Gasteiger charge is 2.40. The van der Waals surface area contributed by atoms with Crippen LogP contribution in [0.1, 0.15) is 54.6 Å². The summed E-state index contributed by atoms with van der Waals surface area (Å²) in [7, 11) is 1.65. The molecule has 138 valence electrons. The topological polar surface area (TPSA) is 77.4 Å². The zero-order chi connectivity index (χ0) is 18.1. The molecule has 4 rings (SSSR count). The second-order valence-electron chi connectivity index (χ2n) is 7.38. The summed E-state index contributed by atoms with van der Waals surface area (Å²) in [5, 5.41) is 9.84. The van der Waals surface area contributed by atoms with Crippen LogP contribution in [-0.4, -0.2) is 39.9 Å². The molecule has 4 atom stereocenters. The van der Waals surface area contributed by atoms with E-state index in [0.29, 0.717) is 36.1 Å². The van der Waals surface area contributed by atoms with E-state index >= 15 is 0 Å². The van der Waals surface area contributed by atoms with Gasteiger partial charge in [-0.1, -0.05) is 0 Å². The Balaban J connectivity index is 1.40. The lowest BCUT2D eigenvalue weighted by molar-refractivity contribution is 0.181. The Bertz CT molecular complexity index is 765. The van der Waals surface area contributed by atoms with Gasteiger partial charge in [-0.15, -0.1) is 0 Å². The van der Waals surface area contributed by atoms with E-state index < -0.39 is 0 Å². The fourth-order valence-corrected chi connectivity index (χ4v) is 3.81. The van der Waals surface area contributed by atoms with Crippen LogP contribution in [0.3, 0.4) is 0 Å². The standard InChI is InChI=1S/C20H25N3O3/c1-12-21-10-18(13-3-4-15(24)7-13)20(23-12)26-11-14-8-17(14)19-6-5-16(25-2)9-22-19/h5-6,9-10,13-15,17,24H,3-4,7-8,11H2,1-2H3/t13-,14-,15-,17+/m1/s1. The van der Waals surface area contributed by atoms with Crippen LogP contribution in [0, 0.1) is 12.8 Å². The molecule has 2 fully saturated rings. The van der Waals surface area contributed by atoms with Crippen molar-refractivity contribution in [2.75, 3.05) is 13.7 Å². The van der Waals surface area contributed by atoms with Gasteiger partial charge in [-0.05, 0) is 50.7 Å². The van der Waals surface area contributed by atoms with Gasteiger partial charge in [0.25, 0.3) is 0 Å². The van der Waals surface area contributed by atoms with Crippen LogP contribution >= 0.6 is 0 Å². The molecule has 2 saturated carbocycles. The minimum absolute atomic E-state index is 0.219. The summed E-state index contributed by atoms with van der Waals surface area (Å²) < 4.78 is 11.3. The van der Waals surface area contributed by atoms with E-state index in [1.165, 1.54) is 0 Å². The summed E-state index contributed by atoms with van der Waals surface area (Å²) in [6, 6.07) is 3.99. The Morgan fingerprint density at radius 1 is 1.15 bits per heavy atom. The molecule has 0 bridgehead atoms. The minimum atomic E-state index is -0.219. The maximum Gasteiger partial charge on any atom is 0.220 e. The summed E-state index contributed by atoms with van der Waals surface area (Å²) in [6.45, 7) is 2.51. The molecule has 0 saturated heterocycles. The number of aryl methyl sites for hydroxylation is 1. The predicted octanol–water partition coefficient (Wildman–Crippen LogP) is 3.00. The number of aromatic nitrogens is 3. The van der Waals surface area contributed by atoms with Gasteiger partial charge in [0, 0.05) is 29.3 Å². The molecule has 0 spiro atoms. The first-order chi connectivity index (χ1) is 12.6. The Morgan fingerprint density at radius 3 is 2.73 bits per heavy atom. The normalized spacial score (nSPS) is 27.3. The van der Waals surface area contributed by atoms with Crippen LogP contribution in [0.25, 0.3) is 0 Å². The van der Waals surface area contributed by atoms with Crippen LogP contribution in [0.4, 0.5) is 0 Å². The third-order valence-electron chi connectivity index (χ3n) is 5.48. The number of aliphatic hydroxyl groups excluding tert-OH is 1. The van der Waals surface area contributed by atoms with Crippen molar-refractivity contribution in [1.82, 2.24) is 15.0 Å². The van der Waals surface area contributed by atoms with Gasteiger partial charge in [-0.2, -0.15) is 4.98 Å². The van der Waals surface area contributed by atoms with E-state index in [1.807, 2.05) is 25.3 Å². The monoisotopic (exact) mass is 355 g/mol. The third-order valence-corrected chi connectivity index (χ3v) is 5.48. The Labute approximate surface area is 153 Å². The van der Waals surface area contributed by atoms with Crippen LogP contribution in [-0.2, 0) is 0 Å². The summed E-state index contributed by atoms with van der Waals surface area (Å²) in [5.41, 5.74) is 2.13. The lowest BCUT2D eigenvalue weighted by atomic mass is 10.00. The molecule has 1 N–H and O–H groups in total. The van der Waals surface area contributed by atoms with Crippen LogP contribution in [0.2, 0.25) is 0 Å². The van der Waals surface area contributed by atoms with Crippen LogP contribution in [0.5, 0.6) is 11.6 Å². The summed E-state index contributed by atoms with van der Waals surface area (Å²) in [5.74, 6) is 3.38. The number of rotatable bonds is 6. The molecular formula is C20H25N3O3. The van der Waals surface area contributed by atoms with E-state index in [0.717, 1.165) is 42.7 Å². The number of ether oxygens (including phenoxy) is 2. The fourth-order valence-electron chi connectivity index (χ4n) is 3.81. The van der Waals surface area contributed by atoms with Crippen LogP contribution < -0.4 is 9.47 Å². The second kappa shape index (κ2) is 7.19. The van der Waals surface area contributed by atoms with Crippen molar-refractivity contribution in [3.63, 3.8) is 0 Å². The van der Waals surface area contributed by atoms with Gasteiger partial charge in [-0.3, -0.25) is 4.98 Å². The van der Waals surface area contributed by atoms with Gasteiger partial charge in [0.2, 0.25) is 5.88 Å². The molecule has 0 radical (unpaired) electrons. The smallest absolute Gasteiger partial charge is 0.220 e. The highest BCUT2D eigenvalue weighted by molar-refractivity contribution is 5.30. The van der Waals surface area contributed by atoms with E-state index in [-0.39, 0.29) is 6.10 Å². The van der Waals surface area contributed by atoms with Crippen molar-refractivity contribution in [2.45, 2.75) is 50.5 Å². The first-order valence-corrected chi connectivity index (χ1v) is 9.28. The lowest BCUT2D eigenvalue weighted by Crippen LogP contribution is -2.09. The van der Waals surface area contributed by atoms with E-state index in [2.05, 4.69) is 15.0 Å². The predicted molar refractivity (Wildman–Crippen MR) is 96.5 cm³/mol. The summed E-state index contributed by atoms with van der Waals surface area (Å²) in [6.07, 6.45) is 7.07. The molecule has 26 heavy (non-hydrogen) atoms. The van der Waals surface area contributed by atoms with Crippen molar-refractivity contribution in [3.05, 3.63) is 41.6 Å². The van der Waals surface area contributed by atoms with Crippen molar-refractivity contribution in [1.29, 1.82) is 0 Å². The molecule has 6 heteroatoms. The molecule has 0 aromatic carbocycles. The van der Waals surface area contributed by atoms with E-state index in [1.54, 1.807) is 13.3 Å². The van der Waals surface area contributed by atoms with E-state index in [9.17, 15) is 5.11 Å². The zero-order valence-electron chi connectivity index (χ0n) is 15.3. The van der Waals surface area contributed by atoms with Gasteiger partial charge in [-0.25, -0.2) is 4.98 Å². The second-order valence-corrected chi connectivity index (χ2v) is 7.38. The van der Waals surface area contributed by atoms with Crippen molar-refractivity contribution in [3.8, 4) is 11.6 Å². The fraction of sp³-hybridized carbons (Fsp3) is 0.550. The summed E-state index contributed by atoms with van der Waals surface area (Å²) in [4.78, 5) is 13.3. The van der Waals surface area contributed by atoms with Crippen molar-refractivity contribution >= 4 is 0 Å². The molecule has 2 aliphatic carbocycles. The maximum absolute atomic E-state index is 9.84. The molecule has 2 aliphatic rings. The zero-order valence-corrected chi connectivity index (χ0v) is 15.3. The molecule has 2 aromatic heterocycles. The molecule has 2 heterocycles. The molecule has 0 amide bonds.